The largest absolute Gasteiger partial charge is 0.382 e. The van der Waals surface area contributed by atoms with Crippen molar-refractivity contribution in [1.29, 1.82) is 0 Å². The molecule has 0 heterocycles. The van der Waals surface area contributed by atoms with E-state index in [9.17, 15) is 19.5 Å². The van der Waals surface area contributed by atoms with E-state index in [0.717, 1.165) is 44.9 Å². The van der Waals surface area contributed by atoms with Gasteiger partial charge in [0.15, 0.2) is 11.6 Å². The molecule has 0 amide bonds. The lowest BCUT2D eigenvalue weighted by atomic mass is 9.32. The van der Waals surface area contributed by atoms with E-state index in [1.54, 1.807) is 0 Å². The monoisotopic (exact) mass is 530 g/mol. The van der Waals surface area contributed by atoms with Crippen molar-refractivity contribution < 1.29 is 19.5 Å². The Hall–Kier alpha value is -1.000. The van der Waals surface area contributed by atoms with Gasteiger partial charge in [0.2, 0.25) is 5.24 Å². The zero-order chi connectivity index (χ0) is 27.6. The fraction of sp³-hybridized carbons (Fsp3) is 0.844. The molecule has 1 unspecified atom stereocenters. The van der Waals surface area contributed by atoms with Crippen LogP contribution in [0.5, 0.6) is 0 Å². The van der Waals surface area contributed by atoms with Gasteiger partial charge >= 0.3 is 0 Å². The first kappa shape index (κ1) is 27.6. The van der Waals surface area contributed by atoms with E-state index in [-0.39, 0.29) is 56.2 Å². The maximum Gasteiger partial charge on any atom is 0.227 e. The van der Waals surface area contributed by atoms with E-state index >= 15 is 0 Å². The highest BCUT2D eigenvalue weighted by molar-refractivity contribution is 6.64. The number of rotatable bonds is 2. The summed E-state index contributed by atoms with van der Waals surface area (Å²) in [4.78, 5) is 39.5. The number of carbonyl (C=O) groups is 3. The molecule has 37 heavy (non-hydrogen) atoms. The van der Waals surface area contributed by atoms with Crippen LogP contribution in [-0.4, -0.2) is 27.5 Å². The van der Waals surface area contributed by atoms with Crippen LogP contribution in [-0.2, 0) is 14.4 Å². The van der Waals surface area contributed by atoms with Crippen molar-refractivity contribution in [3.8, 4) is 0 Å². The quantitative estimate of drug-likeness (QED) is 0.388. The standard InChI is InChI=1S/C32H47ClO4/c1-19(34)32(37)16-14-29(6)23(26(32,2)3)9-10-31(8)24(29)22(35)17-20-21-18-28(5,25(33)36)12-11-27(21,4)13-15-30(20,31)7/h17,21,23-24,37H,9-16,18H2,1-8H3/t21-,23?,24+,27+,28-,29-,30+,31+,32+/m0/s1. The molecule has 5 heteroatoms. The van der Waals surface area contributed by atoms with Crippen LogP contribution in [0.4, 0.5) is 0 Å². The Bertz CT molecular complexity index is 1110. The Labute approximate surface area is 228 Å². The highest BCUT2D eigenvalue weighted by Crippen LogP contribution is 2.75. The molecule has 206 valence electrons. The van der Waals surface area contributed by atoms with Gasteiger partial charge in [-0.15, -0.1) is 0 Å². The molecule has 4 saturated carbocycles. The SMILES string of the molecule is CC(=O)[C@]1(O)CC[C@@]2(C)C(CC[C@]3(C)[C@@H]2C(=O)C=C2[C@@H]4C[C@@](C)(C(=O)Cl)CC[C@]4(C)CC[C@]23C)C1(C)C. The van der Waals surface area contributed by atoms with Gasteiger partial charge in [0.05, 0.1) is 0 Å². The maximum atomic E-state index is 14.4. The van der Waals surface area contributed by atoms with Crippen LogP contribution in [0.25, 0.3) is 0 Å². The molecular formula is C32H47ClO4. The minimum absolute atomic E-state index is 0.0870. The third kappa shape index (κ3) is 3.21. The number of aliphatic hydroxyl groups is 1. The normalized spacial score (nSPS) is 52.6. The van der Waals surface area contributed by atoms with E-state index in [4.69, 9.17) is 11.6 Å². The molecule has 4 fully saturated rings. The van der Waals surface area contributed by atoms with Gasteiger partial charge in [-0.3, -0.25) is 14.4 Å². The Morgan fingerprint density at radius 1 is 0.919 bits per heavy atom. The van der Waals surface area contributed by atoms with Gasteiger partial charge in [0.25, 0.3) is 0 Å². The molecule has 0 aromatic heterocycles. The number of halogens is 1. The highest BCUT2D eigenvalue weighted by Gasteiger charge is 2.72. The summed E-state index contributed by atoms with van der Waals surface area (Å²) in [6, 6.07) is 0. The van der Waals surface area contributed by atoms with Gasteiger partial charge in [-0.2, -0.15) is 0 Å². The average Bonchev–Trinajstić information content (AvgIpc) is 2.79. The zero-order valence-electron chi connectivity index (χ0n) is 24.2. The summed E-state index contributed by atoms with van der Waals surface area (Å²) in [6.45, 7) is 17.0. The fourth-order valence-electron chi connectivity index (χ4n) is 10.9. The van der Waals surface area contributed by atoms with Crippen molar-refractivity contribution in [3.05, 3.63) is 11.6 Å². The number of Topliss-reactive ketones (excluding diaryl/α,β-unsaturated/α-hetero) is 1. The molecule has 0 saturated heterocycles. The lowest BCUT2D eigenvalue weighted by molar-refractivity contribution is -0.226. The van der Waals surface area contributed by atoms with Gasteiger partial charge in [0.1, 0.15) is 5.60 Å². The first-order valence-corrected chi connectivity index (χ1v) is 14.9. The molecule has 0 radical (unpaired) electrons. The third-order valence-corrected chi connectivity index (χ3v) is 14.3. The van der Waals surface area contributed by atoms with Crippen LogP contribution in [0.2, 0.25) is 0 Å². The second-order valence-electron chi connectivity index (χ2n) is 15.7. The smallest absolute Gasteiger partial charge is 0.227 e. The summed E-state index contributed by atoms with van der Waals surface area (Å²) >= 11 is 6.15. The van der Waals surface area contributed by atoms with Crippen LogP contribution >= 0.6 is 11.6 Å². The molecule has 0 aromatic rings. The number of fused-ring (bicyclic) bond motifs is 7. The van der Waals surface area contributed by atoms with Gasteiger partial charge in [-0.1, -0.05) is 54.0 Å². The van der Waals surface area contributed by atoms with Crippen LogP contribution in [0.1, 0.15) is 113 Å². The molecule has 4 nitrogen and oxygen atoms in total. The minimum atomic E-state index is -1.35. The molecule has 5 rings (SSSR count). The fourth-order valence-corrected chi connectivity index (χ4v) is 11.1. The molecular weight excluding hydrogens is 484 g/mol. The van der Waals surface area contributed by atoms with E-state index in [1.807, 2.05) is 26.8 Å². The van der Waals surface area contributed by atoms with Gasteiger partial charge in [0, 0.05) is 16.7 Å². The van der Waals surface area contributed by atoms with Crippen molar-refractivity contribution in [3.63, 3.8) is 0 Å². The van der Waals surface area contributed by atoms with Crippen molar-refractivity contribution in [2.45, 2.75) is 119 Å². The summed E-state index contributed by atoms with van der Waals surface area (Å²) in [7, 11) is 0. The summed E-state index contributed by atoms with van der Waals surface area (Å²) in [6.07, 6.45) is 9.57. The minimum Gasteiger partial charge on any atom is -0.382 e. The highest BCUT2D eigenvalue weighted by atomic mass is 35.5. The van der Waals surface area contributed by atoms with Crippen molar-refractivity contribution >= 4 is 28.4 Å². The van der Waals surface area contributed by atoms with E-state index in [1.165, 1.54) is 12.5 Å². The number of hydrogen-bond donors (Lipinski definition) is 1. The first-order chi connectivity index (χ1) is 16.8. The molecule has 9 atom stereocenters. The van der Waals surface area contributed by atoms with Crippen molar-refractivity contribution in [2.24, 2.45) is 50.2 Å². The number of carbonyl (C=O) groups excluding carboxylic acids is 3. The molecule has 5 aliphatic carbocycles. The van der Waals surface area contributed by atoms with Crippen LogP contribution in [0.3, 0.4) is 0 Å². The molecule has 0 aromatic carbocycles. The Kier molecular flexibility index (Phi) is 5.81. The number of allylic oxidation sites excluding steroid dienone is 2. The topological polar surface area (TPSA) is 71.4 Å². The zero-order valence-corrected chi connectivity index (χ0v) is 25.0. The van der Waals surface area contributed by atoms with E-state index in [2.05, 4.69) is 27.7 Å². The lowest BCUT2D eigenvalue weighted by Gasteiger charge is -2.71. The van der Waals surface area contributed by atoms with Gasteiger partial charge in [-0.25, -0.2) is 0 Å². The summed E-state index contributed by atoms with van der Waals surface area (Å²) in [5.41, 5.74) is -1.75. The Balaban J connectivity index is 1.62. The van der Waals surface area contributed by atoms with Crippen molar-refractivity contribution in [2.75, 3.05) is 0 Å². The number of ketones is 2. The molecule has 5 aliphatic rings. The number of hydrogen-bond acceptors (Lipinski definition) is 4. The summed E-state index contributed by atoms with van der Waals surface area (Å²) < 4.78 is 0. The predicted octanol–water partition coefficient (Wildman–Crippen LogP) is 7.05. The predicted molar refractivity (Wildman–Crippen MR) is 146 cm³/mol. The second-order valence-corrected chi connectivity index (χ2v) is 16.0. The van der Waals surface area contributed by atoms with Crippen LogP contribution in [0, 0.1) is 50.2 Å². The molecule has 1 N–H and O–H groups in total. The maximum absolute atomic E-state index is 14.4. The lowest BCUT2D eigenvalue weighted by Crippen LogP contribution is -2.69. The first-order valence-electron chi connectivity index (χ1n) is 14.5. The Morgan fingerprint density at radius 3 is 2.14 bits per heavy atom. The van der Waals surface area contributed by atoms with Gasteiger partial charge < -0.3 is 5.11 Å². The van der Waals surface area contributed by atoms with Crippen LogP contribution < -0.4 is 0 Å². The molecule has 0 aliphatic heterocycles. The Morgan fingerprint density at radius 2 is 1.54 bits per heavy atom. The van der Waals surface area contributed by atoms with E-state index in [0.29, 0.717) is 12.8 Å². The summed E-state index contributed by atoms with van der Waals surface area (Å²) in [5, 5.41) is 11.3. The molecule has 0 spiro atoms. The van der Waals surface area contributed by atoms with E-state index < -0.39 is 16.4 Å². The third-order valence-electron chi connectivity index (χ3n) is 13.9. The second kappa shape index (κ2) is 7.80. The van der Waals surface area contributed by atoms with Crippen LogP contribution in [0.15, 0.2) is 11.6 Å². The average molecular weight is 531 g/mol. The molecule has 0 bridgehead atoms. The van der Waals surface area contributed by atoms with Gasteiger partial charge in [-0.05, 0) is 116 Å². The summed E-state index contributed by atoms with van der Waals surface area (Å²) in [5.74, 6) is 0.199. The van der Waals surface area contributed by atoms with Crippen molar-refractivity contribution in [1.82, 2.24) is 0 Å².